The first-order chi connectivity index (χ1) is 16.0. The van der Waals surface area contributed by atoms with Crippen LogP contribution in [0.2, 0.25) is 0 Å². The Labute approximate surface area is 206 Å². The summed E-state index contributed by atoms with van der Waals surface area (Å²) in [5.41, 5.74) is 7.03. The van der Waals surface area contributed by atoms with Gasteiger partial charge in [-0.05, 0) is 83.0 Å². The van der Waals surface area contributed by atoms with Crippen LogP contribution in [0.3, 0.4) is 0 Å². The minimum Gasteiger partial charge on any atom is -0.493 e. The second kappa shape index (κ2) is 10.4. The lowest BCUT2D eigenvalue weighted by molar-refractivity contribution is -0.130. The van der Waals surface area contributed by atoms with Crippen molar-refractivity contribution in [2.75, 3.05) is 6.61 Å². The third-order valence-electron chi connectivity index (χ3n) is 7.58. The van der Waals surface area contributed by atoms with Gasteiger partial charge in [-0.3, -0.25) is 0 Å². The number of benzene rings is 2. The molecular weight excluding hydrogens is 420 g/mol. The quantitative estimate of drug-likeness (QED) is 0.284. The van der Waals surface area contributed by atoms with Crippen LogP contribution in [0.5, 0.6) is 5.75 Å². The predicted octanol–water partition coefficient (Wildman–Crippen LogP) is 8.46. The maximum Gasteiger partial charge on any atom is 0.335 e. The zero-order chi connectivity index (χ0) is 25.1. The molecule has 34 heavy (non-hydrogen) atoms. The summed E-state index contributed by atoms with van der Waals surface area (Å²) in [6, 6.07) is 10.4. The van der Waals surface area contributed by atoms with Crippen LogP contribution in [0.1, 0.15) is 102 Å². The second-order valence-electron chi connectivity index (χ2n) is 11.2. The Hall–Kier alpha value is -2.55. The number of carboxylic acid groups (broad SMARTS) is 1. The average Bonchev–Trinajstić information content (AvgIpc) is 2.78. The molecular formula is C31H42O3. The van der Waals surface area contributed by atoms with Crippen LogP contribution >= 0.6 is 0 Å². The van der Waals surface area contributed by atoms with Crippen molar-refractivity contribution < 1.29 is 14.6 Å². The van der Waals surface area contributed by atoms with E-state index in [1.807, 2.05) is 18.2 Å². The second-order valence-corrected chi connectivity index (χ2v) is 11.2. The Balaban J connectivity index is 2.06. The van der Waals surface area contributed by atoms with Gasteiger partial charge in [-0.15, -0.1) is 0 Å². The highest BCUT2D eigenvalue weighted by atomic mass is 16.5. The first-order valence-corrected chi connectivity index (χ1v) is 12.8. The summed E-state index contributed by atoms with van der Waals surface area (Å²) in [5.74, 6) is -0.186. The molecule has 0 heterocycles. The zero-order valence-electron chi connectivity index (χ0n) is 22.0. The van der Waals surface area contributed by atoms with Crippen LogP contribution in [-0.4, -0.2) is 17.7 Å². The maximum atomic E-state index is 11.6. The van der Waals surface area contributed by atoms with Crippen LogP contribution in [0.4, 0.5) is 0 Å². The van der Waals surface area contributed by atoms with E-state index in [0.717, 1.165) is 36.1 Å². The van der Waals surface area contributed by atoms with Gasteiger partial charge in [0, 0.05) is 5.56 Å². The van der Waals surface area contributed by atoms with Crippen molar-refractivity contribution in [3.63, 3.8) is 0 Å². The topological polar surface area (TPSA) is 46.5 Å². The van der Waals surface area contributed by atoms with Crippen LogP contribution < -0.4 is 4.74 Å². The number of aliphatic carboxylic acids is 1. The number of fused-ring (bicyclic) bond motifs is 1. The molecule has 3 heteroatoms. The highest BCUT2D eigenvalue weighted by molar-refractivity contribution is 6.14. The number of carbonyl (C=O) groups is 1. The normalized spacial score (nSPS) is 16.1. The molecule has 0 saturated heterocycles. The van der Waals surface area contributed by atoms with Gasteiger partial charge < -0.3 is 9.84 Å². The SMILES string of the molecule is C=C(C(=O)O)c1ccc(OCCCCCCC)c(-c2cc3c(cc2C)C(C)(C)CCC3(C)C)c1. The fraction of sp³-hybridized carbons (Fsp3) is 0.516. The van der Waals surface area contributed by atoms with E-state index < -0.39 is 5.97 Å². The van der Waals surface area contributed by atoms with Gasteiger partial charge in [0.05, 0.1) is 12.2 Å². The molecule has 0 bridgehead atoms. The van der Waals surface area contributed by atoms with Crippen molar-refractivity contribution in [2.24, 2.45) is 0 Å². The summed E-state index contributed by atoms with van der Waals surface area (Å²) in [7, 11) is 0. The number of aryl methyl sites for hydroxylation is 1. The van der Waals surface area contributed by atoms with E-state index in [-0.39, 0.29) is 16.4 Å². The Bertz CT molecular complexity index is 1060. The first kappa shape index (κ1) is 26.1. The van der Waals surface area contributed by atoms with Crippen LogP contribution in [0.25, 0.3) is 16.7 Å². The maximum absolute atomic E-state index is 11.6. The van der Waals surface area contributed by atoms with Crippen molar-refractivity contribution in [1.82, 2.24) is 0 Å². The molecule has 0 unspecified atom stereocenters. The summed E-state index contributed by atoms with van der Waals surface area (Å²) in [5, 5.41) is 9.52. The van der Waals surface area contributed by atoms with Gasteiger partial charge in [-0.1, -0.05) is 79.0 Å². The average molecular weight is 463 g/mol. The Kier molecular flexibility index (Phi) is 7.95. The minimum absolute atomic E-state index is 0.0931. The molecule has 1 N–H and O–H groups in total. The van der Waals surface area contributed by atoms with Crippen molar-refractivity contribution in [3.8, 4) is 16.9 Å². The summed E-state index contributed by atoms with van der Waals surface area (Å²) in [6.07, 6.45) is 8.23. The van der Waals surface area contributed by atoms with Crippen molar-refractivity contribution in [2.45, 2.75) is 97.3 Å². The number of hydrogen-bond donors (Lipinski definition) is 1. The first-order valence-electron chi connectivity index (χ1n) is 12.8. The molecule has 2 aromatic carbocycles. The number of hydrogen-bond acceptors (Lipinski definition) is 2. The van der Waals surface area contributed by atoms with Crippen molar-refractivity contribution >= 4 is 11.5 Å². The Morgan fingerprint density at radius 2 is 1.56 bits per heavy atom. The minimum atomic E-state index is -0.999. The van der Waals surface area contributed by atoms with E-state index in [1.165, 1.54) is 42.4 Å². The smallest absolute Gasteiger partial charge is 0.335 e. The third-order valence-corrected chi connectivity index (χ3v) is 7.58. The molecule has 0 saturated carbocycles. The fourth-order valence-corrected chi connectivity index (χ4v) is 5.08. The van der Waals surface area contributed by atoms with E-state index in [0.29, 0.717) is 12.2 Å². The highest BCUT2D eigenvalue weighted by Crippen LogP contribution is 2.48. The molecule has 3 rings (SSSR count). The number of unbranched alkanes of at least 4 members (excludes halogenated alkanes) is 4. The zero-order valence-corrected chi connectivity index (χ0v) is 22.0. The molecule has 0 spiro atoms. The third kappa shape index (κ3) is 5.56. The summed E-state index contributed by atoms with van der Waals surface area (Å²) in [4.78, 5) is 11.6. The Morgan fingerprint density at radius 1 is 0.941 bits per heavy atom. The van der Waals surface area contributed by atoms with Crippen molar-refractivity contribution in [1.29, 1.82) is 0 Å². The van der Waals surface area contributed by atoms with Gasteiger partial charge in [0.15, 0.2) is 0 Å². The lowest BCUT2D eigenvalue weighted by Gasteiger charge is -2.42. The Morgan fingerprint density at radius 3 is 2.18 bits per heavy atom. The molecule has 0 radical (unpaired) electrons. The van der Waals surface area contributed by atoms with E-state index in [1.54, 1.807) is 0 Å². The molecule has 0 amide bonds. The lowest BCUT2D eigenvalue weighted by atomic mass is 9.62. The van der Waals surface area contributed by atoms with Gasteiger partial charge >= 0.3 is 5.97 Å². The standard InChI is InChI=1S/C31H42O3/c1-8-9-10-11-12-17-34-28-14-13-23(22(3)29(32)33)19-25(28)24-20-27-26(18-21(24)2)30(4,5)15-16-31(27,6)7/h13-14,18-20H,3,8-12,15-17H2,1-2,4-7H3,(H,32,33). The molecule has 3 nitrogen and oxygen atoms in total. The van der Waals surface area contributed by atoms with Crippen LogP contribution in [0, 0.1) is 6.92 Å². The molecule has 0 aliphatic heterocycles. The van der Waals surface area contributed by atoms with E-state index in [9.17, 15) is 9.90 Å². The molecule has 1 aliphatic rings. The van der Waals surface area contributed by atoms with Gasteiger partial charge in [0.1, 0.15) is 5.75 Å². The van der Waals surface area contributed by atoms with Gasteiger partial charge in [0.2, 0.25) is 0 Å². The number of rotatable bonds is 10. The molecule has 2 aromatic rings. The number of carboxylic acids is 1. The van der Waals surface area contributed by atoms with E-state index >= 15 is 0 Å². The highest BCUT2D eigenvalue weighted by Gasteiger charge is 2.37. The summed E-state index contributed by atoms with van der Waals surface area (Å²) >= 11 is 0. The monoisotopic (exact) mass is 462 g/mol. The van der Waals surface area contributed by atoms with Crippen LogP contribution in [0.15, 0.2) is 36.9 Å². The fourth-order valence-electron chi connectivity index (χ4n) is 5.08. The van der Waals surface area contributed by atoms with E-state index in [2.05, 4.69) is 60.3 Å². The molecule has 0 fully saturated rings. The molecule has 0 atom stereocenters. The van der Waals surface area contributed by atoms with Crippen LogP contribution in [-0.2, 0) is 15.6 Å². The number of ether oxygens (including phenoxy) is 1. The lowest BCUT2D eigenvalue weighted by Crippen LogP contribution is -2.34. The molecule has 184 valence electrons. The van der Waals surface area contributed by atoms with Gasteiger partial charge in [0.25, 0.3) is 0 Å². The summed E-state index contributed by atoms with van der Waals surface area (Å²) < 4.78 is 6.28. The van der Waals surface area contributed by atoms with Gasteiger partial charge in [-0.25, -0.2) is 4.79 Å². The summed E-state index contributed by atoms with van der Waals surface area (Å²) in [6.45, 7) is 18.2. The van der Waals surface area contributed by atoms with Crippen molar-refractivity contribution in [3.05, 3.63) is 59.2 Å². The molecule has 0 aromatic heterocycles. The van der Waals surface area contributed by atoms with Gasteiger partial charge in [-0.2, -0.15) is 0 Å². The van der Waals surface area contributed by atoms with E-state index in [4.69, 9.17) is 4.74 Å². The molecule has 1 aliphatic carbocycles. The predicted molar refractivity (Wildman–Crippen MR) is 143 cm³/mol. The largest absolute Gasteiger partial charge is 0.493 e.